The molecule has 0 saturated carbocycles. The lowest BCUT2D eigenvalue weighted by Crippen LogP contribution is -2.45. The summed E-state index contributed by atoms with van der Waals surface area (Å²) in [7, 11) is 0. The second-order valence-corrected chi connectivity index (χ2v) is 7.91. The van der Waals surface area contributed by atoms with E-state index in [0.717, 1.165) is 17.0 Å². The summed E-state index contributed by atoms with van der Waals surface area (Å²) < 4.78 is 16.7. The fourth-order valence-electron chi connectivity index (χ4n) is 4.43. The predicted octanol–water partition coefficient (Wildman–Crippen LogP) is 2.65. The number of hydrogen-bond acceptors (Lipinski definition) is 3. The van der Waals surface area contributed by atoms with Crippen molar-refractivity contribution in [3.8, 4) is 0 Å². The summed E-state index contributed by atoms with van der Waals surface area (Å²) in [5.74, 6) is -0.525. The summed E-state index contributed by atoms with van der Waals surface area (Å²) in [5.41, 5.74) is 0.320. The number of aromatic nitrogens is 3. The molecule has 0 unspecified atom stereocenters. The van der Waals surface area contributed by atoms with Crippen LogP contribution in [0, 0.1) is 5.82 Å². The van der Waals surface area contributed by atoms with E-state index in [1.54, 1.807) is 4.90 Å². The van der Waals surface area contributed by atoms with E-state index >= 15 is 0 Å². The highest BCUT2D eigenvalue weighted by Crippen LogP contribution is 2.22. The van der Waals surface area contributed by atoms with Crippen molar-refractivity contribution in [2.75, 3.05) is 13.1 Å². The maximum absolute atomic E-state index is 13.6. The van der Waals surface area contributed by atoms with Gasteiger partial charge in [-0.25, -0.2) is 9.18 Å². The van der Waals surface area contributed by atoms with E-state index in [1.165, 1.54) is 16.7 Å². The summed E-state index contributed by atoms with van der Waals surface area (Å²) in [4.78, 5) is 42.6. The molecular weight excluding hydrogens is 399 g/mol. The maximum Gasteiger partial charge on any atom is 0.329 e. The van der Waals surface area contributed by atoms with Crippen LogP contribution in [0.25, 0.3) is 21.8 Å². The van der Waals surface area contributed by atoms with Crippen molar-refractivity contribution in [2.24, 2.45) is 0 Å². The lowest BCUT2D eigenvalue weighted by molar-refractivity contribution is -0.133. The van der Waals surface area contributed by atoms with Crippen molar-refractivity contribution < 1.29 is 9.18 Å². The van der Waals surface area contributed by atoms with Gasteiger partial charge < -0.3 is 14.5 Å². The molecule has 0 spiro atoms. The molecule has 1 amide bonds. The Balaban J connectivity index is 1.33. The minimum absolute atomic E-state index is 0.00152. The second-order valence-electron chi connectivity index (χ2n) is 7.91. The van der Waals surface area contributed by atoms with Crippen LogP contribution in [-0.4, -0.2) is 38.0 Å². The Morgan fingerprint density at radius 1 is 1.06 bits per heavy atom. The highest BCUT2D eigenvalue weighted by Gasteiger charge is 2.26. The van der Waals surface area contributed by atoms with E-state index in [1.807, 2.05) is 41.1 Å². The van der Waals surface area contributed by atoms with Crippen LogP contribution in [-0.2, 0) is 11.3 Å². The van der Waals surface area contributed by atoms with Crippen LogP contribution in [0.1, 0.15) is 18.9 Å². The number of piperidine rings is 1. The minimum Gasteiger partial charge on any atom is -0.341 e. The fourth-order valence-corrected chi connectivity index (χ4v) is 4.43. The topological polar surface area (TPSA) is 80.1 Å². The molecule has 1 N–H and O–H groups in total. The highest BCUT2D eigenvalue weighted by atomic mass is 19.1. The first-order chi connectivity index (χ1) is 15.0. The molecule has 1 aliphatic heterocycles. The van der Waals surface area contributed by atoms with Crippen molar-refractivity contribution in [3.63, 3.8) is 0 Å². The molecule has 8 heteroatoms. The molecule has 5 rings (SSSR count). The third kappa shape index (κ3) is 3.43. The number of hydrogen-bond donors (Lipinski definition) is 1. The Bertz CT molecular complexity index is 1410. The molecule has 0 aliphatic carbocycles. The smallest absolute Gasteiger partial charge is 0.329 e. The standard InChI is InChI=1S/C23H21FN4O3/c24-16-5-6-19-18(13-16)22(30)28(23(31)25-19)17-8-11-26(12-9-17)21(29)14-27-10-7-15-3-1-2-4-20(15)27/h1-7,10,13,17H,8-9,11-12,14H2,(H,25,31). The molecule has 158 valence electrons. The second kappa shape index (κ2) is 7.54. The van der Waals surface area contributed by atoms with Gasteiger partial charge in [0.15, 0.2) is 0 Å². The zero-order valence-electron chi connectivity index (χ0n) is 16.8. The summed E-state index contributed by atoms with van der Waals surface area (Å²) in [5, 5.41) is 1.23. The SMILES string of the molecule is O=C(Cn1ccc2ccccc21)N1CCC(n2c(=O)[nH]c3ccc(F)cc3c2=O)CC1. The van der Waals surface area contributed by atoms with Crippen LogP contribution in [0.15, 0.2) is 64.3 Å². The first kappa shape index (κ1) is 19.3. The molecule has 3 heterocycles. The van der Waals surface area contributed by atoms with Crippen molar-refractivity contribution >= 4 is 27.7 Å². The number of likely N-dealkylation sites (tertiary alicyclic amines) is 1. The van der Waals surface area contributed by atoms with E-state index in [-0.39, 0.29) is 23.9 Å². The summed E-state index contributed by atoms with van der Waals surface area (Å²) in [6.45, 7) is 1.15. The third-order valence-electron chi connectivity index (χ3n) is 6.06. The van der Waals surface area contributed by atoms with Crippen LogP contribution >= 0.6 is 0 Å². The van der Waals surface area contributed by atoms with Crippen molar-refractivity contribution in [3.05, 3.63) is 81.4 Å². The van der Waals surface area contributed by atoms with Crippen LogP contribution in [0.2, 0.25) is 0 Å². The van der Waals surface area contributed by atoms with E-state index < -0.39 is 17.1 Å². The fraction of sp³-hybridized carbons (Fsp3) is 0.261. The van der Waals surface area contributed by atoms with Gasteiger partial charge >= 0.3 is 5.69 Å². The molecule has 2 aromatic carbocycles. The van der Waals surface area contributed by atoms with Gasteiger partial charge in [-0.15, -0.1) is 0 Å². The van der Waals surface area contributed by atoms with Gasteiger partial charge in [-0.3, -0.25) is 14.2 Å². The molecular formula is C23H21FN4O3. The third-order valence-corrected chi connectivity index (χ3v) is 6.06. The van der Waals surface area contributed by atoms with E-state index in [2.05, 4.69) is 4.98 Å². The van der Waals surface area contributed by atoms with Crippen molar-refractivity contribution in [1.29, 1.82) is 0 Å². The normalized spacial score (nSPS) is 15.1. The van der Waals surface area contributed by atoms with Crippen LogP contribution in [0.5, 0.6) is 0 Å². The number of benzene rings is 2. The quantitative estimate of drug-likeness (QED) is 0.553. The van der Waals surface area contributed by atoms with Gasteiger partial charge in [0.1, 0.15) is 12.4 Å². The zero-order chi connectivity index (χ0) is 21.5. The number of fused-ring (bicyclic) bond motifs is 2. The summed E-state index contributed by atoms with van der Waals surface area (Å²) in [6.07, 6.45) is 2.88. The Labute approximate surface area is 176 Å². The van der Waals surface area contributed by atoms with Gasteiger partial charge in [-0.1, -0.05) is 18.2 Å². The lowest BCUT2D eigenvalue weighted by atomic mass is 10.0. The minimum atomic E-state index is -0.527. The number of amides is 1. The monoisotopic (exact) mass is 420 g/mol. The Morgan fingerprint density at radius 3 is 2.65 bits per heavy atom. The van der Waals surface area contributed by atoms with Crippen molar-refractivity contribution in [1.82, 2.24) is 19.0 Å². The lowest BCUT2D eigenvalue weighted by Gasteiger charge is -2.32. The molecule has 2 aromatic heterocycles. The van der Waals surface area contributed by atoms with Gasteiger partial charge in [0.25, 0.3) is 5.56 Å². The molecule has 4 aromatic rings. The molecule has 1 aliphatic rings. The number of carbonyl (C=O) groups is 1. The maximum atomic E-state index is 13.6. The summed E-state index contributed by atoms with van der Waals surface area (Å²) >= 11 is 0. The molecule has 31 heavy (non-hydrogen) atoms. The number of halogens is 1. The Morgan fingerprint density at radius 2 is 1.84 bits per heavy atom. The summed E-state index contributed by atoms with van der Waals surface area (Å²) in [6, 6.07) is 13.3. The Kier molecular flexibility index (Phi) is 4.69. The first-order valence-electron chi connectivity index (χ1n) is 10.3. The number of nitrogens with one attached hydrogen (secondary N) is 1. The van der Waals surface area contributed by atoms with E-state index in [0.29, 0.717) is 31.4 Å². The number of para-hydroxylation sites is 1. The molecule has 0 radical (unpaired) electrons. The number of H-pyrrole nitrogens is 1. The van der Waals surface area contributed by atoms with Gasteiger partial charge in [-0.05, 0) is 48.6 Å². The van der Waals surface area contributed by atoms with E-state index in [9.17, 15) is 18.8 Å². The largest absolute Gasteiger partial charge is 0.341 e. The number of nitrogens with zero attached hydrogens (tertiary/aromatic N) is 3. The van der Waals surface area contributed by atoms with Gasteiger partial charge in [-0.2, -0.15) is 0 Å². The molecule has 7 nitrogen and oxygen atoms in total. The average molecular weight is 420 g/mol. The number of rotatable bonds is 3. The van der Waals surface area contributed by atoms with Crippen LogP contribution < -0.4 is 11.2 Å². The molecule has 0 bridgehead atoms. The highest BCUT2D eigenvalue weighted by molar-refractivity contribution is 5.83. The van der Waals surface area contributed by atoms with Crippen LogP contribution in [0.4, 0.5) is 4.39 Å². The number of aromatic amines is 1. The first-order valence-corrected chi connectivity index (χ1v) is 10.3. The van der Waals surface area contributed by atoms with Crippen LogP contribution in [0.3, 0.4) is 0 Å². The average Bonchev–Trinajstić information content (AvgIpc) is 3.18. The van der Waals surface area contributed by atoms with Gasteiger partial charge in [0, 0.05) is 30.8 Å². The Hall–Kier alpha value is -3.68. The predicted molar refractivity (Wildman–Crippen MR) is 116 cm³/mol. The molecule has 1 saturated heterocycles. The van der Waals surface area contributed by atoms with E-state index in [4.69, 9.17) is 0 Å². The van der Waals surface area contributed by atoms with Crippen molar-refractivity contribution in [2.45, 2.75) is 25.4 Å². The zero-order valence-corrected chi connectivity index (χ0v) is 16.8. The molecule has 1 fully saturated rings. The van der Waals surface area contributed by atoms with Gasteiger partial charge in [0.2, 0.25) is 5.91 Å². The number of carbonyl (C=O) groups excluding carboxylic acids is 1. The van der Waals surface area contributed by atoms with Gasteiger partial charge in [0.05, 0.1) is 10.9 Å². The molecule has 0 atom stereocenters.